The number of rotatable bonds is 4. The summed E-state index contributed by atoms with van der Waals surface area (Å²) in [4.78, 5) is 4.06. The Hall–Kier alpha value is -1.07. The van der Waals surface area contributed by atoms with Crippen LogP contribution >= 0.6 is 12.2 Å². The molecule has 19 heavy (non-hydrogen) atoms. The van der Waals surface area contributed by atoms with E-state index in [9.17, 15) is 8.42 Å². The second-order valence-corrected chi connectivity index (χ2v) is 7.25. The van der Waals surface area contributed by atoms with E-state index in [0.717, 1.165) is 5.56 Å². The van der Waals surface area contributed by atoms with E-state index in [1.807, 2.05) is 30.3 Å². The van der Waals surface area contributed by atoms with Crippen molar-refractivity contribution in [2.75, 3.05) is 13.1 Å². The van der Waals surface area contributed by atoms with E-state index in [2.05, 4.69) is 22.4 Å². The van der Waals surface area contributed by atoms with Crippen molar-refractivity contribution in [3.05, 3.63) is 35.9 Å². The van der Waals surface area contributed by atoms with Crippen LogP contribution in [0.5, 0.6) is 0 Å². The molecule has 1 aromatic carbocycles. The summed E-state index contributed by atoms with van der Waals surface area (Å²) in [5, 5.41) is 2.39. The monoisotopic (exact) mass is 294 g/mol. The molecule has 0 radical (unpaired) electrons. The second kappa shape index (κ2) is 4.80. The van der Waals surface area contributed by atoms with Crippen molar-refractivity contribution >= 4 is 27.4 Å². The molecule has 0 amide bonds. The summed E-state index contributed by atoms with van der Waals surface area (Å²) in [6.45, 7) is 1.15. The van der Waals surface area contributed by atoms with E-state index in [0.29, 0.717) is 24.9 Å². The summed E-state index contributed by atoms with van der Waals surface area (Å²) in [6, 6.07) is 9.49. The van der Waals surface area contributed by atoms with Crippen LogP contribution < -0.4 is 0 Å². The Balaban J connectivity index is 1.66. The summed E-state index contributed by atoms with van der Waals surface area (Å²) < 4.78 is 26.2. The number of hydrogen-bond acceptors (Lipinski definition) is 4. The molecule has 0 spiro atoms. The van der Waals surface area contributed by atoms with E-state index in [4.69, 9.17) is 0 Å². The molecule has 3 rings (SSSR count). The Bertz CT molecular complexity index is 611. The third kappa shape index (κ3) is 2.49. The van der Waals surface area contributed by atoms with Gasteiger partial charge >= 0.3 is 0 Å². The summed E-state index contributed by atoms with van der Waals surface area (Å²) in [7, 11) is -3.21. The normalized spacial score (nSPS) is 29.6. The van der Waals surface area contributed by atoms with Crippen LogP contribution in [-0.4, -0.2) is 37.0 Å². The number of nitrogens with zero attached hydrogens (tertiary/aromatic N) is 2. The molecule has 2 fully saturated rings. The molecule has 100 valence electrons. The zero-order valence-electron chi connectivity index (χ0n) is 10.3. The molecule has 6 heteroatoms. The van der Waals surface area contributed by atoms with Crippen molar-refractivity contribution in [3.8, 4) is 0 Å². The Morgan fingerprint density at radius 1 is 1.26 bits per heavy atom. The fraction of sp³-hybridized carbons (Fsp3) is 0.462. The molecule has 4 nitrogen and oxygen atoms in total. The van der Waals surface area contributed by atoms with Crippen LogP contribution in [0.4, 0.5) is 0 Å². The quantitative estimate of drug-likeness (QED) is 0.625. The van der Waals surface area contributed by atoms with Gasteiger partial charge in [0.25, 0.3) is 0 Å². The third-order valence-electron chi connectivity index (χ3n) is 3.90. The number of thiocarbonyl (C=S) groups is 1. The molecule has 2 unspecified atom stereocenters. The highest BCUT2D eigenvalue weighted by Gasteiger charge is 2.58. The predicted octanol–water partition coefficient (Wildman–Crippen LogP) is 1.55. The Morgan fingerprint density at radius 2 is 1.89 bits per heavy atom. The van der Waals surface area contributed by atoms with E-state index >= 15 is 0 Å². The lowest BCUT2D eigenvalue weighted by molar-refractivity contribution is 0.432. The second-order valence-electron chi connectivity index (χ2n) is 5.10. The number of fused-ring (bicyclic) bond motifs is 1. The van der Waals surface area contributed by atoms with Crippen molar-refractivity contribution in [2.45, 2.75) is 11.8 Å². The first-order chi connectivity index (χ1) is 9.12. The van der Waals surface area contributed by atoms with Gasteiger partial charge in [-0.3, -0.25) is 0 Å². The van der Waals surface area contributed by atoms with Gasteiger partial charge in [-0.25, -0.2) is 17.7 Å². The first-order valence-electron chi connectivity index (χ1n) is 6.20. The molecule has 1 aliphatic carbocycles. The van der Waals surface area contributed by atoms with E-state index in [1.54, 1.807) is 4.31 Å². The van der Waals surface area contributed by atoms with Gasteiger partial charge < -0.3 is 0 Å². The standard InChI is InChI=1S/C13H14N2O2S2/c16-19(17,8-10-4-2-1-3-5-10)15-6-11-12(7-15)13(11)14-9-18/h1-5,11-13H,6-8H2. The predicted molar refractivity (Wildman–Crippen MR) is 76.4 cm³/mol. The first-order valence-corrected chi connectivity index (χ1v) is 8.22. The molecule has 1 saturated heterocycles. The van der Waals surface area contributed by atoms with Crippen LogP contribution in [0.15, 0.2) is 35.3 Å². The lowest BCUT2D eigenvalue weighted by Gasteiger charge is -2.18. The van der Waals surface area contributed by atoms with Gasteiger partial charge in [-0.1, -0.05) is 30.3 Å². The number of piperidine rings is 1. The molecule has 0 aromatic heterocycles. The van der Waals surface area contributed by atoms with Gasteiger partial charge in [0, 0.05) is 24.9 Å². The van der Waals surface area contributed by atoms with E-state index in [-0.39, 0.29) is 11.8 Å². The Kier molecular flexibility index (Phi) is 3.27. The topological polar surface area (TPSA) is 49.7 Å². The molecule has 1 aliphatic heterocycles. The maximum atomic E-state index is 12.3. The lowest BCUT2D eigenvalue weighted by Crippen LogP contribution is -2.33. The molecular formula is C13H14N2O2S2. The molecular weight excluding hydrogens is 280 g/mol. The van der Waals surface area contributed by atoms with Crippen molar-refractivity contribution in [2.24, 2.45) is 16.8 Å². The average molecular weight is 294 g/mol. The molecule has 0 bridgehead atoms. The highest BCUT2D eigenvalue weighted by molar-refractivity contribution is 7.88. The Morgan fingerprint density at radius 3 is 2.47 bits per heavy atom. The maximum absolute atomic E-state index is 12.3. The maximum Gasteiger partial charge on any atom is 0.218 e. The van der Waals surface area contributed by atoms with E-state index in [1.165, 1.54) is 0 Å². The average Bonchev–Trinajstić information content (AvgIpc) is 2.85. The van der Waals surface area contributed by atoms with Crippen LogP contribution in [-0.2, 0) is 15.8 Å². The zero-order chi connectivity index (χ0) is 13.5. The van der Waals surface area contributed by atoms with Crippen LogP contribution in [0.2, 0.25) is 0 Å². The van der Waals surface area contributed by atoms with Gasteiger partial charge in [-0.05, 0) is 17.8 Å². The number of sulfonamides is 1. The van der Waals surface area contributed by atoms with Crippen molar-refractivity contribution in [1.29, 1.82) is 0 Å². The van der Waals surface area contributed by atoms with E-state index < -0.39 is 10.0 Å². The number of hydrogen-bond donors (Lipinski definition) is 0. The van der Waals surface area contributed by atoms with Crippen molar-refractivity contribution in [1.82, 2.24) is 4.31 Å². The molecule has 1 heterocycles. The fourth-order valence-corrected chi connectivity index (χ4v) is 4.53. The fourth-order valence-electron chi connectivity index (χ4n) is 2.81. The summed E-state index contributed by atoms with van der Waals surface area (Å²) in [5.41, 5.74) is 0.830. The smallest absolute Gasteiger partial charge is 0.218 e. The summed E-state index contributed by atoms with van der Waals surface area (Å²) >= 11 is 4.59. The number of aliphatic imine (C=N–C) groups is 1. The summed E-state index contributed by atoms with van der Waals surface area (Å²) in [5.74, 6) is 0.774. The highest BCUT2D eigenvalue weighted by Crippen LogP contribution is 2.48. The van der Waals surface area contributed by atoms with Crippen molar-refractivity contribution in [3.63, 3.8) is 0 Å². The van der Waals surface area contributed by atoms with Gasteiger partial charge in [0.2, 0.25) is 10.0 Å². The minimum absolute atomic E-state index is 0.0778. The third-order valence-corrected chi connectivity index (χ3v) is 5.79. The van der Waals surface area contributed by atoms with Crippen LogP contribution in [0.1, 0.15) is 5.56 Å². The van der Waals surface area contributed by atoms with Crippen LogP contribution in [0.25, 0.3) is 0 Å². The van der Waals surface area contributed by atoms with Crippen molar-refractivity contribution < 1.29 is 8.42 Å². The molecule has 2 atom stereocenters. The van der Waals surface area contributed by atoms with Crippen LogP contribution in [0, 0.1) is 11.8 Å². The zero-order valence-corrected chi connectivity index (χ0v) is 11.9. The largest absolute Gasteiger partial charge is 0.228 e. The van der Waals surface area contributed by atoms with Gasteiger partial charge in [-0.2, -0.15) is 0 Å². The van der Waals surface area contributed by atoms with Gasteiger partial charge in [-0.15, -0.1) is 0 Å². The Labute approximate surface area is 118 Å². The lowest BCUT2D eigenvalue weighted by atomic mass is 10.2. The first kappa shape index (κ1) is 12.9. The molecule has 2 aliphatic rings. The highest BCUT2D eigenvalue weighted by atomic mass is 32.2. The van der Waals surface area contributed by atoms with Gasteiger partial charge in [0.15, 0.2) is 0 Å². The van der Waals surface area contributed by atoms with Gasteiger partial charge in [0.1, 0.15) is 0 Å². The summed E-state index contributed by atoms with van der Waals surface area (Å²) in [6.07, 6.45) is 0. The molecule has 1 saturated carbocycles. The molecule has 0 N–H and O–H groups in total. The minimum Gasteiger partial charge on any atom is -0.228 e. The number of isothiocyanates is 1. The van der Waals surface area contributed by atoms with Crippen LogP contribution in [0.3, 0.4) is 0 Å². The molecule has 1 aromatic rings. The SMILES string of the molecule is O=S(=O)(Cc1ccccc1)N1CC2C(C1)C2N=C=S. The minimum atomic E-state index is -3.21. The number of benzene rings is 1. The van der Waals surface area contributed by atoms with Gasteiger partial charge in [0.05, 0.1) is 17.0 Å².